The first kappa shape index (κ1) is 18.3. The summed E-state index contributed by atoms with van der Waals surface area (Å²) in [4.78, 5) is 28.5. The number of hydrogen-bond donors (Lipinski definition) is 0. The molecule has 1 aliphatic rings. The molecule has 0 unspecified atom stereocenters. The molecule has 1 fully saturated rings. The van der Waals surface area contributed by atoms with Crippen molar-refractivity contribution in [2.75, 3.05) is 6.54 Å². The van der Waals surface area contributed by atoms with Crippen LogP contribution in [-0.4, -0.2) is 42.1 Å². The van der Waals surface area contributed by atoms with E-state index < -0.39 is 0 Å². The van der Waals surface area contributed by atoms with E-state index in [9.17, 15) is 4.79 Å². The number of carbonyl (C=O) groups excluding carboxylic acids is 1. The summed E-state index contributed by atoms with van der Waals surface area (Å²) in [5, 5.41) is 4.31. The van der Waals surface area contributed by atoms with Gasteiger partial charge < -0.3 is 4.90 Å². The monoisotopic (exact) mass is 376 g/mol. The normalized spacial score (nSPS) is 17.0. The molecule has 144 valence electrons. The first-order valence-electron chi connectivity index (χ1n) is 9.59. The Bertz CT molecular complexity index is 1010. The van der Waals surface area contributed by atoms with Crippen molar-refractivity contribution in [3.63, 3.8) is 0 Å². The van der Waals surface area contributed by atoms with E-state index in [0.29, 0.717) is 18.1 Å². The standard InChI is InChI=1S/C21H24N6O/c1-14-12-22-9-7-16(14)17-13-23-15(2)24-20(17)19-6-4-5-10-27(19)21(28)18-8-11-26(3)25-18/h7-9,11-13,19H,4-6,10H2,1-3H3/t19-/m1/s1. The maximum Gasteiger partial charge on any atom is 0.274 e. The average Bonchev–Trinajstić information content (AvgIpc) is 3.14. The zero-order valence-electron chi connectivity index (χ0n) is 16.5. The van der Waals surface area contributed by atoms with Crippen molar-refractivity contribution in [1.82, 2.24) is 29.6 Å². The Kier molecular flexibility index (Phi) is 4.90. The summed E-state index contributed by atoms with van der Waals surface area (Å²) in [6.45, 7) is 4.63. The van der Waals surface area contributed by atoms with Crippen molar-refractivity contribution in [3.8, 4) is 11.1 Å². The fraction of sp³-hybridized carbons (Fsp3) is 0.381. The molecule has 0 aromatic carbocycles. The second-order valence-electron chi connectivity index (χ2n) is 7.29. The minimum absolute atomic E-state index is 0.0426. The van der Waals surface area contributed by atoms with E-state index in [1.165, 1.54) is 0 Å². The summed E-state index contributed by atoms with van der Waals surface area (Å²) in [6.07, 6.45) is 10.2. The van der Waals surface area contributed by atoms with Gasteiger partial charge in [0.25, 0.3) is 5.91 Å². The Morgan fingerprint density at radius 2 is 2.00 bits per heavy atom. The van der Waals surface area contributed by atoms with Crippen molar-refractivity contribution in [3.05, 3.63) is 59.7 Å². The van der Waals surface area contributed by atoms with E-state index in [0.717, 1.165) is 41.6 Å². The zero-order chi connectivity index (χ0) is 19.7. The molecule has 0 radical (unpaired) electrons. The molecule has 1 amide bonds. The number of nitrogens with zero attached hydrogens (tertiary/aromatic N) is 6. The lowest BCUT2D eigenvalue weighted by atomic mass is 9.92. The van der Waals surface area contributed by atoms with Crippen LogP contribution in [0, 0.1) is 13.8 Å². The number of aryl methyl sites for hydroxylation is 3. The number of piperidine rings is 1. The SMILES string of the molecule is Cc1ncc(-c2ccncc2C)c([C@H]2CCCCN2C(=O)c2ccn(C)n2)n1. The summed E-state index contributed by atoms with van der Waals surface area (Å²) in [7, 11) is 1.82. The van der Waals surface area contributed by atoms with Gasteiger partial charge in [-0.3, -0.25) is 14.5 Å². The maximum atomic E-state index is 13.2. The number of carbonyl (C=O) groups is 1. The molecule has 3 aromatic heterocycles. The first-order valence-corrected chi connectivity index (χ1v) is 9.59. The number of amides is 1. The third kappa shape index (κ3) is 3.40. The predicted molar refractivity (Wildman–Crippen MR) is 106 cm³/mol. The molecule has 1 aliphatic heterocycles. The Morgan fingerprint density at radius 1 is 1.14 bits per heavy atom. The number of rotatable bonds is 3. The summed E-state index contributed by atoms with van der Waals surface area (Å²) in [5.41, 5.74) is 4.47. The third-order valence-corrected chi connectivity index (χ3v) is 5.26. The third-order valence-electron chi connectivity index (χ3n) is 5.26. The lowest BCUT2D eigenvalue weighted by Crippen LogP contribution is -2.39. The van der Waals surface area contributed by atoms with Gasteiger partial charge in [0, 0.05) is 43.9 Å². The van der Waals surface area contributed by atoms with Gasteiger partial charge in [-0.05, 0) is 56.4 Å². The molecule has 4 rings (SSSR count). The van der Waals surface area contributed by atoms with Gasteiger partial charge in [-0.2, -0.15) is 5.10 Å². The minimum Gasteiger partial charge on any atom is -0.329 e. The number of aromatic nitrogens is 5. The van der Waals surface area contributed by atoms with Gasteiger partial charge in [-0.1, -0.05) is 0 Å². The van der Waals surface area contributed by atoms with Crippen LogP contribution in [0.4, 0.5) is 0 Å². The smallest absolute Gasteiger partial charge is 0.274 e. The lowest BCUT2D eigenvalue weighted by molar-refractivity contribution is 0.0599. The molecule has 0 saturated carbocycles. The molecule has 0 spiro atoms. The van der Waals surface area contributed by atoms with E-state index in [4.69, 9.17) is 4.98 Å². The van der Waals surface area contributed by atoms with Crippen molar-refractivity contribution in [2.24, 2.45) is 7.05 Å². The van der Waals surface area contributed by atoms with E-state index in [1.54, 1.807) is 23.1 Å². The van der Waals surface area contributed by atoms with Crippen molar-refractivity contribution in [2.45, 2.75) is 39.2 Å². The second kappa shape index (κ2) is 7.50. The minimum atomic E-state index is -0.0903. The average molecular weight is 376 g/mol. The van der Waals surface area contributed by atoms with E-state index >= 15 is 0 Å². The van der Waals surface area contributed by atoms with Crippen LogP contribution in [0.15, 0.2) is 36.9 Å². The fourth-order valence-electron chi connectivity index (χ4n) is 3.86. The summed E-state index contributed by atoms with van der Waals surface area (Å²) in [5.74, 6) is 0.667. The number of hydrogen-bond acceptors (Lipinski definition) is 5. The Balaban J connectivity index is 1.79. The highest BCUT2D eigenvalue weighted by Gasteiger charge is 2.32. The van der Waals surface area contributed by atoms with Crippen LogP contribution in [0.1, 0.15) is 52.9 Å². The van der Waals surface area contributed by atoms with Crippen LogP contribution in [-0.2, 0) is 7.05 Å². The van der Waals surface area contributed by atoms with Crippen LogP contribution in [0.2, 0.25) is 0 Å². The van der Waals surface area contributed by atoms with E-state index in [-0.39, 0.29) is 11.9 Å². The topological polar surface area (TPSA) is 76.8 Å². The molecular weight excluding hydrogens is 352 g/mol. The molecule has 4 heterocycles. The fourth-order valence-corrected chi connectivity index (χ4v) is 3.86. The van der Waals surface area contributed by atoms with Gasteiger partial charge >= 0.3 is 0 Å². The summed E-state index contributed by atoms with van der Waals surface area (Å²) < 4.78 is 1.66. The van der Waals surface area contributed by atoms with Gasteiger partial charge in [-0.25, -0.2) is 9.97 Å². The van der Waals surface area contributed by atoms with Gasteiger partial charge in [-0.15, -0.1) is 0 Å². The molecule has 7 nitrogen and oxygen atoms in total. The summed E-state index contributed by atoms with van der Waals surface area (Å²) in [6, 6.07) is 3.67. The van der Waals surface area contributed by atoms with Crippen LogP contribution < -0.4 is 0 Å². The molecule has 28 heavy (non-hydrogen) atoms. The Morgan fingerprint density at radius 3 is 2.75 bits per heavy atom. The molecule has 3 aromatic rings. The maximum absolute atomic E-state index is 13.2. The van der Waals surface area contributed by atoms with Crippen LogP contribution in [0.5, 0.6) is 0 Å². The summed E-state index contributed by atoms with van der Waals surface area (Å²) >= 11 is 0. The molecule has 1 saturated heterocycles. The van der Waals surface area contributed by atoms with Crippen molar-refractivity contribution in [1.29, 1.82) is 0 Å². The van der Waals surface area contributed by atoms with Gasteiger partial charge in [0.2, 0.25) is 0 Å². The van der Waals surface area contributed by atoms with Gasteiger partial charge in [0.05, 0.1) is 11.7 Å². The quantitative estimate of drug-likeness (QED) is 0.701. The molecule has 0 aliphatic carbocycles. The highest BCUT2D eigenvalue weighted by atomic mass is 16.2. The lowest BCUT2D eigenvalue weighted by Gasteiger charge is -2.36. The molecular formula is C21H24N6O. The first-order chi connectivity index (χ1) is 13.5. The number of likely N-dealkylation sites (tertiary alicyclic amines) is 1. The largest absolute Gasteiger partial charge is 0.329 e. The molecule has 7 heteroatoms. The Labute approximate surface area is 164 Å². The molecule has 0 N–H and O–H groups in total. The van der Waals surface area contributed by atoms with Crippen molar-refractivity contribution >= 4 is 5.91 Å². The zero-order valence-corrected chi connectivity index (χ0v) is 16.5. The highest BCUT2D eigenvalue weighted by Crippen LogP contribution is 2.37. The second-order valence-corrected chi connectivity index (χ2v) is 7.29. The van der Waals surface area contributed by atoms with Gasteiger partial charge in [0.1, 0.15) is 11.5 Å². The highest BCUT2D eigenvalue weighted by molar-refractivity contribution is 5.92. The van der Waals surface area contributed by atoms with Crippen LogP contribution >= 0.6 is 0 Å². The van der Waals surface area contributed by atoms with Crippen LogP contribution in [0.25, 0.3) is 11.1 Å². The van der Waals surface area contributed by atoms with E-state index in [1.807, 2.05) is 44.3 Å². The Hall–Kier alpha value is -3.09. The molecule has 1 atom stereocenters. The molecule has 0 bridgehead atoms. The van der Waals surface area contributed by atoms with Crippen molar-refractivity contribution < 1.29 is 4.79 Å². The van der Waals surface area contributed by atoms with E-state index in [2.05, 4.69) is 15.1 Å². The number of pyridine rings is 1. The van der Waals surface area contributed by atoms with Gasteiger partial charge in [0.15, 0.2) is 0 Å². The van der Waals surface area contributed by atoms with Crippen LogP contribution in [0.3, 0.4) is 0 Å². The predicted octanol–water partition coefficient (Wildman–Crippen LogP) is 3.26.